The third-order valence-electron chi connectivity index (χ3n) is 1.74. The van der Waals surface area contributed by atoms with Crippen molar-refractivity contribution < 1.29 is 4.74 Å². The Morgan fingerprint density at radius 2 is 2.00 bits per heavy atom. The van der Waals surface area contributed by atoms with Gasteiger partial charge in [-0.1, -0.05) is 5.92 Å². The van der Waals surface area contributed by atoms with Gasteiger partial charge in [-0.3, -0.25) is 0 Å². The zero-order valence-electron chi connectivity index (χ0n) is 8.31. The van der Waals surface area contributed by atoms with Gasteiger partial charge in [0.1, 0.15) is 12.4 Å². The lowest BCUT2D eigenvalue weighted by molar-refractivity contribution is 0.365. The maximum atomic E-state index is 5.40. The molecule has 0 saturated heterocycles. The number of rotatable bonds is 4. The number of benzene rings is 1. The van der Waals surface area contributed by atoms with E-state index in [1.165, 1.54) is 5.56 Å². The molecule has 0 radical (unpaired) electrons. The van der Waals surface area contributed by atoms with E-state index in [4.69, 9.17) is 11.2 Å². The van der Waals surface area contributed by atoms with Crippen LogP contribution in [0.2, 0.25) is 0 Å². The van der Waals surface area contributed by atoms with Crippen LogP contribution in [0.25, 0.3) is 0 Å². The molecule has 1 aromatic rings. The van der Waals surface area contributed by atoms with Crippen molar-refractivity contribution in [2.75, 3.05) is 13.7 Å². The summed E-state index contributed by atoms with van der Waals surface area (Å²) < 4.78 is 7.20. The standard InChI is InChI=1S/C11H11Br2NO/c1-3-4-15-11-9(12)5-8(7-14-2)6-10(11)13/h1,5-6,14H,4,7H2,2H3. The van der Waals surface area contributed by atoms with Gasteiger partial charge in [0.15, 0.2) is 0 Å². The van der Waals surface area contributed by atoms with Crippen molar-refractivity contribution >= 4 is 31.9 Å². The lowest BCUT2D eigenvalue weighted by atomic mass is 10.2. The number of terminal acetylenes is 1. The molecule has 0 heterocycles. The van der Waals surface area contributed by atoms with Gasteiger partial charge in [-0.25, -0.2) is 0 Å². The summed E-state index contributed by atoms with van der Waals surface area (Å²) >= 11 is 6.89. The Kier molecular flexibility index (Phi) is 5.16. The predicted molar refractivity (Wildman–Crippen MR) is 68.9 cm³/mol. The van der Waals surface area contributed by atoms with Gasteiger partial charge in [0.25, 0.3) is 0 Å². The fraction of sp³-hybridized carbons (Fsp3) is 0.273. The van der Waals surface area contributed by atoms with Crippen LogP contribution < -0.4 is 10.1 Å². The summed E-state index contributed by atoms with van der Waals surface area (Å²) in [6, 6.07) is 4.01. The minimum atomic E-state index is 0.266. The van der Waals surface area contributed by atoms with Crippen molar-refractivity contribution in [3.8, 4) is 18.1 Å². The van der Waals surface area contributed by atoms with Gasteiger partial charge in [-0.05, 0) is 56.6 Å². The SMILES string of the molecule is C#CCOc1c(Br)cc(CNC)cc1Br. The van der Waals surface area contributed by atoms with Gasteiger partial charge >= 0.3 is 0 Å². The highest BCUT2D eigenvalue weighted by molar-refractivity contribution is 9.11. The first kappa shape index (κ1) is 12.6. The minimum absolute atomic E-state index is 0.266. The number of nitrogens with one attached hydrogen (secondary N) is 1. The first-order valence-electron chi connectivity index (χ1n) is 4.37. The Labute approximate surface area is 107 Å². The molecular formula is C11H11Br2NO. The molecule has 0 spiro atoms. The molecule has 2 nitrogen and oxygen atoms in total. The van der Waals surface area contributed by atoms with Crippen molar-refractivity contribution in [2.24, 2.45) is 0 Å². The molecule has 0 aliphatic heterocycles. The summed E-state index contributed by atoms with van der Waals surface area (Å²) in [5.74, 6) is 3.18. The van der Waals surface area contributed by atoms with Crippen LogP contribution in [0.5, 0.6) is 5.75 Å². The van der Waals surface area contributed by atoms with Gasteiger partial charge in [0, 0.05) is 6.54 Å². The molecule has 1 rings (SSSR count). The van der Waals surface area contributed by atoms with Gasteiger partial charge in [-0.2, -0.15) is 0 Å². The number of hydrogen-bond acceptors (Lipinski definition) is 2. The lowest BCUT2D eigenvalue weighted by Gasteiger charge is -2.10. The third kappa shape index (κ3) is 3.53. The fourth-order valence-corrected chi connectivity index (χ4v) is 2.68. The van der Waals surface area contributed by atoms with Gasteiger partial charge < -0.3 is 10.1 Å². The average Bonchev–Trinajstić information content (AvgIpc) is 2.17. The summed E-state index contributed by atoms with van der Waals surface area (Å²) in [6.45, 7) is 1.08. The maximum absolute atomic E-state index is 5.40. The van der Waals surface area contributed by atoms with Crippen molar-refractivity contribution in [3.05, 3.63) is 26.6 Å². The number of halogens is 2. The first-order chi connectivity index (χ1) is 7.19. The normalized spacial score (nSPS) is 9.73. The maximum Gasteiger partial charge on any atom is 0.149 e. The molecule has 80 valence electrons. The Bertz CT molecular complexity index is 362. The second-order valence-corrected chi connectivity index (χ2v) is 4.62. The molecule has 1 aromatic carbocycles. The highest BCUT2D eigenvalue weighted by Crippen LogP contribution is 2.34. The van der Waals surface area contributed by atoms with Crippen molar-refractivity contribution in [2.45, 2.75) is 6.54 Å². The van der Waals surface area contributed by atoms with Crippen LogP contribution in [0.15, 0.2) is 21.1 Å². The van der Waals surface area contributed by atoms with Crippen molar-refractivity contribution in [1.29, 1.82) is 0 Å². The molecule has 0 aliphatic rings. The highest BCUT2D eigenvalue weighted by Gasteiger charge is 2.08. The van der Waals surface area contributed by atoms with E-state index in [-0.39, 0.29) is 6.61 Å². The smallest absolute Gasteiger partial charge is 0.149 e. The van der Waals surface area contributed by atoms with Crippen LogP contribution in [0.1, 0.15) is 5.56 Å². The summed E-state index contributed by atoms with van der Waals surface area (Å²) in [4.78, 5) is 0. The Hall–Kier alpha value is -0.500. The molecule has 0 atom stereocenters. The quantitative estimate of drug-likeness (QED) is 0.856. The monoisotopic (exact) mass is 331 g/mol. The molecule has 1 N–H and O–H groups in total. The van der Waals surface area contributed by atoms with E-state index in [1.54, 1.807) is 0 Å². The summed E-state index contributed by atoms with van der Waals surface area (Å²) in [6.07, 6.45) is 5.14. The van der Waals surface area contributed by atoms with Crippen molar-refractivity contribution in [1.82, 2.24) is 5.32 Å². The van der Waals surface area contributed by atoms with Gasteiger partial charge in [0.2, 0.25) is 0 Å². The second kappa shape index (κ2) is 6.16. The molecule has 0 bridgehead atoms. The molecular weight excluding hydrogens is 322 g/mol. The lowest BCUT2D eigenvalue weighted by Crippen LogP contribution is -2.05. The van der Waals surface area contributed by atoms with E-state index in [9.17, 15) is 0 Å². The average molecular weight is 333 g/mol. The zero-order chi connectivity index (χ0) is 11.3. The third-order valence-corrected chi connectivity index (χ3v) is 2.92. The summed E-state index contributed by atoms with van der Waals surface area (Å²) in [7, 11) is 1.91. The molecule has 0 unspecified atom stereocenters. The molecule has 0 aliphatic carbocycles. The number of ether oxygens (including phenoxy) is 1. The van der Waals surface area contributed by atoms with Crippen LogP contribution in [0.4, 0.5) is 0 Å². The van der Waals surface area contributed by atoms with Crippen LogP contribution in [0.3, 0.4) is 0 Å². The molecule has 0 fully saturated rings. The topological polar surface area (TPSA) is 21.3 Å². The van der Waals surface area contributed by atoms with Crippen molar-refractivity contribution in [3.63, 3.8) is 0 Å². The second-order valence-electron chi connectivity index (χ2n) is 2.91. The fourth-order valence-electron chi connectivity index (χ4n) is 1.17. The Morgan fingerprint density at radius 1 is 1.40 bits per heavy atom. The highest BCUT2D eigenvalue weighted by atomic mass is 79.9. The summed E-state index contributed by atoms with van der Waals surface area (Å²) in [5.41, 5.74) is 1.17. The zero-order valence-corrected chi connectivity index (χ0v) is 11.5. The van der Waals surface area contributed by atoms with Gasteiger partial charge in [0.05, 0.1) is 8.95 Å². The predicted octanol–water partition coefficient (Wildman–Crippen LogP) is 2.94. The minimum Gasteiger partial charge on any atom is -0.479 e. The largest absolute Gasteiger partial charge is 0.479 e. The first-order valence-corrected chi connectivity index (χ1v) is 5.96. The van der Waals surface area contributed by atoms with E-state index < -0.39 is 0 Å². The molecule has 15 heavy (non-hydrogen) atoms. The van der Waals surface area contributed by atoms with E-state index in [0.717, 1.165) is 21.2 Å². The van der Waals surface area contributed by atoms with E-state index in [0.29, 0.717) is 0 Å². The number of hydrogen-bond donors (Lipinski definition) is 1. The van der Waals surface area contributed by atoms with Crippen LogP contribution in [0, 0.1) is 12.3 Å². The molecule has 0 aromatic heterocycles. The molecule has 4 heteroatoms. The van der Waals surface area contributed by atoms with Crippen LogP contribution in [-0.2, 0) is 6.54 Å². The van der Waals surface area contributed by atoms with E-state index in [2.05, 4.69) is 43.1 Å². The molecule has 0 amide bonds. The Morgan fingerprint density at radius 3 is 2.47 bits per heavy atom. The van der Waals surface area contributed by atoms with E-state index in [1.807, 2.05) is 19.2 Å². The van der Waals surface area contributed by atoms with E-state index >= 15 is 0 Å². The van der Waals surface area contributed by atoms with Crippen LogP contribution in [-0.4, -0.2) is 13.7 Å². The molecule has 0 saturated carbocycles. The summed E-state index contributed by atoms with van der Waals surface area (Å²) in [5, 5.41) is 3.09. The van der Waals surface area contributed by atoms with Gasteiger partial charge in [-0.15, -0.1) is 6.42 Å². The van der Waals surface area contributed by atoms with Crippen LogP contribution >= 0.6 is 31.9 Å². The Balaban J connectivity index is 2.94.